The van der Waals surface area contributed by atoms with Crippen molar-refractivity contribution in [2.24, 2.45) is 0 Å². The first-order valence-electron chi connectivity index (χ1n) is 9.60. The van der Waals surface area contributed by atoms with E-state index in [1.807, 2.05) is 36.4 Å². The quantitative estimate of drug-likeness (QED) is 0.681. The summed E-state index contributed by atoms with van der Waals surface area (Å²) in [5, 5.41) is 3.45. The molecule has 146 valence electrons. The van der Waals surface area contributed by atoms with Crippen LogP contribution in [0.1, 0.15) is 27.2 Å². The van der Waals surface area contributed by atoms with Crippen molar-refractivity contribution in [3.05, 3.63) is 65.2 Å². The van der Waals surface area contributed by atoms with Crippen LogP contribution in [-0.2, 0) is 11.3 Å². The Labute approximate surface area is 164 Å². The monoisotopic (exact) mass is 378 g/mol. The molecule has 0 radical (unpaired) electrons. The number of anilines is 2. The molecule has 1 amide bonds. The molecule has 28 heavy (non-hydrogen) atoms. The lowest BCUT2D eigenvalue weighted by atomic mass is 10.2. The predicted octanol–water partition coefficient (Wildman–Crippen LogP) is 3.66. The van der Waals surface area contributed by atoms with Gasteiger partial charge in [-0.1, -0.05) is 12.1 Å². The first-order valence-corrected chi connectivity index (χ1v) is 9.60. The molecule has 1 heterocycles. The van der Waals surface area contributed by atoms with E-state index in [4.69, 9.17) is 0 Å². The Bertz CT molecular complexity index is 1010. The van der Waals surface area contributed by atoms with Crippen molar-refractivity contribution in [1.29, 1.82) is 0 Å². The number of hydrogen-bond donors (Lipinski definition) is 1. The van der Waals surface area contributed by atoms with Crippen LogP contribution in [0.25, 0.3) is 10.9 Å². The van der Waals surface area contributed by atoms with Crippen LogP contribution in [0, 0.1) is 0 Å². The van der Waals surface area contributed by atoms with Gasteiger partial charge in [0.15, 0.2) is 0 Å². The molecule has 0 aliphatic rings. The minimum atomic E-state index is -0.135. The van der Waals surface area contributed by atoms with Gasteiger partial charge in [0.05, 0.1) is 17.2 Å². The number of para-hydroxylation sites is 1. The molecule has 1 aromatic heterocycles. The minimum absolute atomic E-state index is 0.129. The van der Waals surface area contributed by atoms with Crippen LogP contribution >= 0.6 is 0 Å². The van der Waals surface area contributed by atoms with Crippen molar-refractivity contribution < 1.29 is 4.79 Å². The van der Waals surface area contributed by atoms with E-state index in [0.29, 0.717) is 16.9 Å². The fourth-order valence-electron chi connectivity index (χ4n) is 3.29. The van der Waals surface area contributed by atoms with Crippen LogP contribution in [0.5, 0.6) is 0 Å². The predicted molar refractivity (Wildman–Crippen MR) is 114 cm³/mol. The molecule has 0 fully saturated rings. The summed E-state index contributed by atoms with van der Waals surface area (Å²) in [4.78, 5) is 31.3. The van der Waals surface area contributed by atoms with E-state index in [-0.39, 0.29) is 24.4 Å². The third-order valence-electron chi connectivity index (χ3n) is 4.76. The van der Waals surface area contributed by atoms with Crippen LogP contribution < -0.4 is 15.8 Å². The Morgan fingerprint density at radius 3 is 2.54 bits per heavy atom. The van der Waals surface area contributed by atoms with E-state index in [1.54, 1.807) is 12.1 Å². The summed E-state index contributed by atoms with van der Waals surface area (Å²) in [5.74, 6) is -0.135. The first kappa shape index (κ1) is 19.6. The zero-order valence-corrected chi connectivity index (χ0v) is 16.6. The number of aromatic nitrogens is 2. The number of nitrogens with zero attached hydrogens (tertiary/aromatic N) is 3. The fourth-order valence-corrected chi connectivity index (χ4v) is 3.29. The average Bonchev–Trinajstić information content (AvgIpc) is 2.69. The first-order chi connectivity index (χ1) is 13.5. The van der Waals surface area contributed by atoms with E-state index in [9.17, 15) is 9.59 Å². The van der Waals surface area contributed by atoms with Gasteiger partial charge in [0.2, 0.25) is 5.91 Å². The zero-order valence-electron chi connectivity index (χ0n) is 16.6. The largest absolute Gasteiger partial charge is 0.369 e. The smallest absolute Gasteiger partial charge is 0.261 e. The van der Waals surface area contributed by atoms with Gasteiger partial charge in [-0.25, -0.2) is 4.98 Å². The van der Waals surface area contributed by atoms with E-state index in [0.717, 1.165) is 17.9 Å². The maximum Gasteiger partial charge on any atom is 0.261 e. The van der Waals surface area contributed by atoms with Gasteiger partial charge in [-0.3, -0.25) is 14.2 Å². The molecule has 0 saturated heterocycles. The van der Waals surface area contributed by atoms with E-state index >= 15 is 0 Å². The van der Waals surface area contributed by atoms with Crippen LogP contribution in [0.4, 0.5) is 11.4 Å². The number of carbonyl (C=O) groups excluding carboxylic acids is 1. The molecule has 0 bridgehead atoms. The van der Waals surface area contributed by atoms with E-state index in [2.05, 4.69) is 36.0 Å². The number of aryl methyl sites for hydroxylation is 1. The molecule has 0 saturated carbocycles. The van der Waals surface area contributed by atoms with Gasteiger partial charge in [-0.15, -0.1) is 0 Å². The highest BCUT2D eigenvalue weighted by molar-refractivity contribution is 5.90. The number of nitrogens with one attached hydrogen (secondary N) is 1. The number of benzene rings is 2. The third-order valence-corrected chi connectivity index (χ3v) is 4.76. The topological polar surface area (TPSA) is 67.2 Å². The Kier molecular flexibility index (Phi) is 6.09. The van der Waals surface area contributed by atoms with Gasteiger partial charge in [-0.2, -0.15) is 0 Å². The average molecular weight is 378 g/mol. The van der Waals surface area contributed by atoms with Gasteiger partial charge in [0, 0.05) is 36.9 Å². The molecule has 2 aromatic carbocycles. The maximum atomic E-state index is 12.5. The van der Waals surface area contributed by atoms with Crippen LogP contribution in [0.15, 0.2) is 59.7 Å². The molecule has 0 aliphatic carbocycles. The Morgan fingerprint density at radius 1 is 1.14 bits per heavy atom. The molecule has 6 heteroatoms. The van der Waals surface area contributed by atoms with Gasteiger partial charge >= 0.3 is 0 Å². The van der Waals surface area contributed by atoms with E-state index in [1.165, 1.54) is 10.9 Å². The van der Waals surface area contributed by atoms with Gasteiger partial charge in [0.1, 0.15) is 0 Å². The van der Waals surface area contributed by atoms with Crippen LogP contribution in [0.2, 0.25) is 0 Å². The van der Waals surface area contributed by atoms with Crippen molar-refractivity contribution in [3.63, 3.8) is 0 Å². The molecule has 0 aliphatic heterocycles. The summed E-state index contributed by atoms with van der Waals surface area (Å²) >= 11 is 0. The van der Waals surface area contributed by atoms with Crippen LogP contribution in [0.3, 0.4) is 0 Å². The Hall–Kier alpha value is -3.15. The summed E-state index contributed by atoms with van der Waals surface area (Å²) < 4.78 is 1.48. The standard InChI is InChI=1S/C22H26N4O2/c1-4-26(16(2)3)18-11-9-17(10-12-18)24-21(27)13-14-25-15-23-20-8-6-5-7-19(20)22(25)28/h5-12,15-16H,4,13-14H2,1-3H3,(H,24,27). The summed E-state index contributed by atoms with van der Waals surface area (Å²) in [7, 11) is 0. The summed E-state index contributed by atoms with van der Waals surface area (Å²) in [6.07, 6.45) is 1.70. The zero-order chi connectivity index (χ0) is 20.1. The van der Waals surface area contributed by atoms with Gasteiger partial charge in [-0.05, 0) is 57.2 Å². The maximum absolute atomic E-state index is 12.5. The number of amides is 1. The second kappa shape index (κ2) is 8.69. The summed E-state index contributed by atoms with van der Waals surface area (Å²) in [6.45, 7) is 7.65. The number of carbonyl (C=O) groups is 1. The molecule has 1 N–H and O–H groups in total. The summed E-state index contributed by atoms with van der Waals surface area (Å²) in [6, 6.07) is 15.5. The Morgan fingerprint density at radius 2 is 1.86 bits per heavy atom. The highest BCUT2D eigenvalue weighted by Crippen LogP contribution is 2.20. The number of fused-ring (bicyclic) bond motifs is 1. The SMILES string of the molecule is CCN(c1ccc(NC(=O)CCn2cnc3ccccc3c2=O)cc1)C(C)C. The van der Waals surface area contributed by atoms with Crippen molar-refractivity contribution in [2.75, 3.05) is 16.8 Å². The van der Waals surface area contributed by atoms with Gasteiger partial charge < -0.3 is 10.2 Å². The number of hydrogen-bond acceptors (Lipinski definition) is 4. The third kappa shape index (κ3) is 4.39. The molecule has 0 unspecified atom stereocenters. The fraction of sp³-hybridized carbons (Fsp3) is 0.318. The molecule has 3 rings (SSSR count). The van der Waals surface area contributed by atoms with Crippen LogP contribution in [-0.4, -0.2) is 28.0 Å². The molecule has 0 atom stereocenters. The second-order valence-corrected chi connectivity index (χ2v) is 6.99. The van der Waals surface area contributed by atoms with Crippen molar-refractivity contribution >= 4 is 28.2 Å². The normalized spacial score (nSPS) is 11.0. The molecular formula is C22H26N4O2. The minimum Gasteiger partial charge on any atom is -0.369 e. The molecule has 3 aromatic rings. The Balaban J connectivity index is 1.62. The van der Waals surface area contributed by atoms with Crippen molar-refractivity contribution in [1.82, 2.24) is 9.55 Å². The summed E-state index contributed by atoms with van der Waals surface area (Å²) in [5.41, 5.74) is 2.41. The van der Waals surface area contributed by atoms with Crippen molar-refractivity contribution in [2.45, 2.75) is 39.8 Å². The van der Waals surface area contributed by atoms with Gasteiger partial charge in [0.25, 0.3) is 5.56 Å². The molecular weight excluding hydrogens is 352 g/mol. The van der Waals surface area contributed by atoms with Crippen molar-refractivity contribution in [3.8, 4) is 0 Å². The highest BCUT2D eigenvalue weighted by Gasteiger charge is 2.09. The highest BCUT2D eigenvalue weighted by atomic mass is 16.1. The lowest BCUT2D eigenvalue weighted by molar-refractivity contribution is -0.116. The number of rotatable bonds is 7. The lowest BCUT2D eigenvalue weighted by Gasteiger charge is -2.27. The molecule has 6 nitrogen and oxygen atoms in total. The molecule has 0 spiro atoms. The van der Waals surface area contributed by atoms with E-state index < -0.39 is 0 Å². The second-order valence-electron chi connectivity index (χ2n) is 6.99. The lowest BCUT2D eigenvalue weighted by Crippen LogP contribution is -2.30.